The monoisotopic (exact) mass is 257 g/mol. The first kappa shape index (κ1) is 12.8. The quantitative estimate of drug-likeness (QED) is 0.651. The topological polar surface area (TPSA) is 32.3 Å². The van der Waals surface area contributed by atoms with Gasteiger partial charge in [-0.3, -0.25) is 0 Å². The van der Waals surface area contributed by atoms with Crippen molar-refractivity contribution < 1.29 is 5.11 Å². The van der Waals surface area contributed by atoms with E-state index in [2.05, 4.69) is 17.2 Å². The lowest BCUT2D eigenvalue weighted by Crippen LogP contribution is -2.21. The molecule has 1 unspecified atom stereocenters. The number of rotatable bonds is 4. The number of hydrogen-bond donors (Lipinski definition) is 2. The van der Waals surface area contributed by atoms with E-state index in [9.17, 15) is 5.11 Å². The lowest BCUT2D eigenvalue weighted by atomic mass is 10.2. The van der Waals surface area contributed by atoms with Crippen LogP contribution in [0.1, 0.15) is 17.2 Å². The molecule has 1 atom stereocenters. The van der Waals surface area contributed by atoms with Crippen LogP contribution in [0.5, 0.6) is 0 Å². The van der Waals surface area contributed by atoms with Crippen molar-refractivity contribution in [2.24, 2.45) is 0 Å². The van der Waals surface area contributed by atoms with Crippen LogP contribution in [0.3, 0.4) is 0 Å². The van der Waals surface area contributed by atoms with Gasteiger partial charge < -0.3 is 10.4 Å². The Morgan fingerprint density at radius 1 is 1.22 bits per heavy atom. The summed E-state index contributed by atoms with van der Waals surface area (Å²) in [5.41, 5.74) is 1.97. The normalized spacial score (nSPS) is 11.6. The highest BCUT2D eigenvalue weighted by Gasteiger charge is 2.05. The first-order valence-electron chi connectivity index (χ1n) is 5.81. The molecule has 2 aromatic rings. The number of aliphatic hydroxyl groups is 1. The Kier molecular flexibility index (Phi) is 4.98. The second-order valence-corrected chi connectivity index (χ2v) is 4.65. The number of thiophene rings is 1. The molecule has 2 rings (SSSR count). The standard InChI is InChI=1S/C15H15NOS/c17-15(14-8-10-18-12-14)11-16-9-4-7-13-5-2-1-3-6-13/h1-3,5-6,8,10,12,15-17H,9,11H2. The van der Waals surface area contributed by atoms with Gasteiger partial charge in [0.2, 0.25) is 0 Å². The zero-order valence-corrected chi connectivity index (χ0v) is 10.8. The molecule has 1 aromatic heterocycles. The van der Waals surface area contributed by atoms with Crippen molar-refractivity contribution in [3.8, 4) is 11.8 Å². The Bertz CT molecular complexity index is 510. The summed E-state index contributed by atoms with van der Waals surface area (Å²) >= 11 is 1.59. The van der Waals surface area contributed by atoms with Crippen molar-refractivity contribution in [3.05, 3.63) is 58.3 Å². The minimum atomic E-state index is -0.449. The summed E-state index contributed by atoms with van der Waals surface area (Å²) in [5, 5.41) is 16.9. The average molecular weight is 257 g/mol. The van der Waals surface area contributed by atoms with E-state index >= 15 is 0 Å². The third kappa shape index (κ3) is 4.01. The number of hydrogen-bond acceptors (Lipinski definition) is 3. The molecule has 0 aliphatic carbocycles. The van der Waals surface area contributed by atoms with E-state index in [0.29, 0.717) is 13.1 Å². The van der Waals surface area contributed by atoms with Gasteiger partial charge in [-0.05, 0) is 34.5 Å². The van der Waals surface area contributed by atoms with Crippen LogP contribution in [-0.2, 0) is 0 Å². The first-order valence-corrected chi connectivity index (χ1v) is 6.75. The molecule has 1 heterocycles. The van der Waals surface area contributed by atoms with E-state index in [1.54, 1.807) is 11.3 Å². The van der Waals surface area contributed by atoms with E-state index in [4.69, 9.17) is 0 Å². The zero-order valence-electron chi connectivity index (χ0n) is 9.97. The van der Waals surface area contributed by atoms with Gasteiger partial charge in [-0.15, -0.1) is 0 Å². The SMILES string of the molecule is OC(CNCC#Cc1ccccc1)c1ccsc1. The van der Waals surface area contributed by atoms with Crippen LogP contribution in [0, 0.1) is 11.8 Å². The molecule has 92 valence electrons. The van der Waals surface area contributed by atoms with Crippen LogP contribution in [-0.4, -0.2) is 18.2 Å². The highest BCUT2D eigenvalue weighted by Crippen LogP contribution is 2.14. The number of benzene rings is 1. The second-order valence-electron chi connectivity index (χ2n) is 3.87. The average Bonchev–Trinajstić information content (AvgIpc) is 2.93. The van der Waals surface area contributed by atoms with Crippen molar-refractivity contribution >= 4 is 11.3 Å². The zero-order chi connectivity index (χ0) is 12.6. The molecule has 1 aromatic carbocycles. The summed E-state index contributed by atoms with van der Waals surface area (Å²) in [7, 11) is 0. The minimum absolute atomic E-state index is 0.449. The molecule has 0 aliphatic rings. The molecule has 0 saturated carbocycles. The van der Waals surface area contributed by atoms with Crippen LogP contribution in [0.15, 0.2) is 47.2 Å². The molecular formula is C15H15NOS. The fraction of sp³-hybridized carbons (Fsp3) is 0.200. The van der Waals surface area contributed by atoms with Crippen molar-refractivity contribution in [1.82, 2.24) is 5.32 Å². The lowest BCUT2D eigenvalue weighted by Gasteiger charge is -2.07. The van der Waals surface area contributed by atoms with Crippen molar-refractivity contribution in [2.75, 3.05) is 13.1 Å². The van der Waals surface area contributed by atoms with Crippen molar-refractivity contribution in [2.45, 2.75) is 6.10 Å². The summed E-state index contributed by atoms with van der Waals surface area (Å²) in [6.45, 7) is 1.11. The molecule has 0 radical (unpaired) electrons. The van der Waals surface area contributed by atoms with Gasteiger partial charge in [0.15, 0.2) is 0 Å². The maximum Gasteiger partial charge on any atom is 0.0922 e. The van der Waals surface area contributed by atoms with Gasteiger partial charge in [-0.1, -0.05) is 30.0 Å². The molecule has 0 spiro atoms. The second kappa shape index (κ2) is 6.97. The van der Waals surface area contributed by atoms with Crippen molar-refractivity contribution in [3.63, 3.8) is 0 Å². The Balaban J connectivity index is 1.72. The molecule has 0 amide bonds. The van der Waals surface area contributed by atoms with Gasteiger partial charge in [0.25, 0.3) is 0 Å². The Morgan fingerprint density at radius 3 is 2.78 bits per heavy atom. The number of aliphatic hydroxyl groups excluding tert-OH is 1. The summed E-state index contributed by atoms with van der Waals surface area (Å²) in [6.07, 6.45) is -0.449. The maximum atomic E-state index is 9.82. The highest BCUT2D eigenvalue weighted by atomic mass is 32.1. The van der Waals surface area contributed by atoms with Gasteiger partial charge in [0.05, 0.1) is 12.6 Å². The third-order valence-electron chi connectivity index (χ3n) is 2.49. The van der Waals surface area contributed by atoms with Crippen LogP contribution >= 0.6 is 11.3 Å². The molecule has 2 nitrogen and oxygen atoms in total. The van der Waals surface area contributed by atoms with E-state index in [1.807, 2.05) is 47.2 Å². The fourth-order valence-corrected chi connectivity index (χ4v) is 2.23. The van der Waals surface area contributed by atoms with Gasteiger partial charge in [0, 0.05) is 12.1 Å². The molecule has 0 fully saturated rings. The van der Waals surface area contributed by atoms with E-state index in [1.165, 1.54) is 0 Å². The van der Waals surface area contributed by atoms with Crippen LogP contribution < -0.4 is 5.32 Å². The predicted octanol–water partition coefficient (Wildman–Crippen LogP) is 2.42. The Morgan fingerprint density at radius 2 is 2.06 bits per heavy atom. The van der Waals surface area contributed by atoms with E-state index < -0.39 is 6.10 Å². The van der Waals surface area contributed by atoms with Gasteiger partial charge in [-0.25, -0.2) is 0 Å². The third-order valence-corrected chi connectivity index (χ3v) is 3.19. The molecule has 18 heavy (non-hydrogen) atoms. The minimum Gasteiger partial charge on any atom is -0.387 e. The van der Waals surface area contributed by atoms with Gasteiger partial charge in [0.1, 0.15) is 0 Å². The first-order chi connectivity index (χ1) is 8.86. The van der Waals surface area contributed by atoms with Gasteiger partial charge >= 0.3 is 0 Å². The summed E-state index contributed by atoms with van der Waals surface area (Å²) in [6, 6.07) is 11.8. The van der Waals surface area contributed by atoms with E-state index in [0.717, 1.165) is 11.1 Å². The van der Waals surface area contributed by atoms with Crippen LogP contribution in [0.25, 0.3) is 0 Å². The maximum absolute atomic E-state index is 9.82. The van der Waals surface area contributed by atoms with E-state index in [-0.39, 0.29) is 0 Å². The molecule has 0 bridgehead atoms. The molecule has 0 saturated heterocycles. The summed E-state index contributed by atoms with van der Waals surface area (Å²) < 4.78 is 0. The lowest BCUT2D eigenvalue weighted by molar-refractivity contribution is 0.177. The molecular weight excluding hydrogens is 242 g/mol. The smallest absolute Gasteiger partial charge is 0.0922 e. The summed E-state index contributed by atoms with van der Waals surface area (Å²) in [5.74, 6) is 6.09. The van der Waals surface area contributed by atoms with Crippen LogP contribution in [0.4, 0.5) is 0 Å². The fourth-order valence-electron chi connectivity index (χ4n) is 1.52. The number of nitrogens with one attached hydrogen (secondary N) is 1. The Labute approximate surface area is 111 Å². The Hall–Kier alpha value is -1.60. The predicted molar refractivity (Wildman–Crippen MR) is 75.5 cm³/mol. The van der Waals surface area contributed by atoms with Crippen molar-refractivity contribution in [1.29, 1.82) is 0 Å². The molecule has 2 N–H and O–H groups in total. The summed E-state index contributed by atoms with van der Waals surface area (Å²) in [4.78, 5) is 0. The van der Waals surface area contributed by atoms with Crippen LogP contribution in [0.2, 0.25) is 0 Å². The largest absolute Gasteiger partial charge is 0.387 e. The molecule has 0 aliphatic heterocycles. The van der Waals surface area contributed by atoms with Gasteiger partial charge in [-0.2, -0.15) is 11.3 Å². The molecule has 3 heteroatoms. The highest BCUT2D eigenvalue weighted by molar-refractivity contribution is 7.07.